The average molecular weight is 392 g/mol. The number of halogens is 4. The Morgan fingerprint density at radius 1 is 1.35 bits per heavy atom. The van der Waals surface area contributed by atoms with Gasteiger partial charge in [0.2, 0.25) is 5.91 Å². The molecule has 0 radical (unpaired) electrons. The average Bonchev–Trinajstić information content (AvgIpc) is 2.56. The zero-order chi connectivity index (χ0) is 19.5. The van der Waals surface area contributed by atoms with E-state index >= 15 is 0 Å². The highest BCUT2D eigenvalue weighted by atomic mass is 35.5. The smallest absolute Gasteiger partial charge is 0.416 e. The highest BCUT2D eigenvalue weighted by Crippen LogP contribution is 2.33. The molecule has 2 rings (SSSR count). The van der Waals surface area contributed by atoms with Gasteiger partial charge in [0.15, 0.2) is 6.10 Å². The lowest BCUT2D eigenvalue weighted by Gasteiger charge is -2.17. The van der Waals surface area contributed by atoms with Crippen molar-refractivity contribution < 1.29 is 32.3 Å². The van der Waals surface area contributed by atoms with E-state index in [1.165, 1.54) is 6.92 Å². The van der Waals surface area contributed by atoms with Gasteiger partial charge in [-0.3, -0.25) is 9.59 Å². The summed E-state index contributed by atoms with van der Waals surface area (Å²) in [4.78, 5) is 34.9. The quantitative estimate of drug-likeness (QED) is 0.771. The second-order valence-electron chi connectivity index (χ2n) is 5.32. The fourth-order valence-corrected chi connectivity index (χ4v) is 2.10. The van der Waals surface area contributed by atoms with Gasteiger partial charge in [0.25, 0.3) is 5.91 Å². The second-order valence-corrected chi connectivity index (χ2v) is 5.73. The van der Waals surface area contributed by atoms with Gasteiger partial charge in [0.1, 0.15) is 5.71 Å². The van der Waals surface area contributed by atoms with Crippen LogP contribution in [0.1, 0.15) is 25.3 Å². The predicted octanol–water partition coefficient (Wildman–Crippen LogP) is 2.50. The normalized spacial score (nSPS) is 15.6. The Balaban J connectivity index is 2.03. The highest BCUT2D eigenvalue weighted by Gasteiger charge is 2.31. The van der Waals surface area contributed by atoms with Crippen LogP contribution in [0.3, 0.4) is 0 Å². The summed E-state index contributed by atoms with van der Waals surface area (Å²) in [6, 6.07) is 2.45. The minimum Gasteiger partial charge on any atom is -0.448 e. The summed E-state index contributed by atoms with van der Waals surface area (Å²) in [6.45, 7) is 1.23. The molecule has 0 aliphatic carbocycles. The Kier molecular flexibility index (Phi) is 5.86. The van der Waals surface area contributed by atoms with Gasteiger partial charge in [-0.1, -0.05) is 11.6 Å². The monoisotopic (exact) mass is 391 g/mol. The fraction of sp³-hybridized carbons (Fsp3) is 0.333. The van der Waals surface area contributed by atoms with Crippen molar-refractivity contribution in [1.29, 1.82) is 0 Å². The van der Waals surface area contributed by atoms with Crippen molar-refractivity contribution in [3.05, 3.63) is 28.8 Å². The number of esters is 1. The molecule has 2 N–H and O–H groups in total. The molecule has 1 aliphatic heterocycles. The zero-order valence-electron chi connectivity index (χ0n) is 13.3. The van der Waals surface area contributed by atoms with Crippen molar-refractivity contribution in [2.75, 3.05) is 5.32 Å². The van der Waals surface area contributed by atoms with Gasteiger partial charge in [-0.15, -0.1) is 0 Å². The molecule has 2 amide bonds. The van der Waals surface area contributed by atoms with E-state index in [-0.39, 0.29) is 35.2 Å². The van der Waals surface area contributed by atoms with Crippen molar-refractivity contribution >= 4 is 40.8 Å². The maximum atomic E-state index is 12.7. The molecule has 0 aromatic heterocycles. The van der Waals surface area contributed by atoms with Crippen LogP contribution >= 0.6 is 11.6 Å². The van der Waals surface area contributed by atoms with Crippen LogP contribution in [0.5, 0.6) is 0 Å². The number of rotatable bonds is 4. The van der Waals surface area contributed by atoms with Gasteiger partial charge in [-0.05, 0) is 25.1 Å². The Morgan fingerprint density at radius 3 is 2.62 bits per heavy atom. The minimum absolute atomic E-state index is 0.0500. The number of benzene rings is 1. The highest BCUT2D eigenvalue weighted by molar-refractivity contribution is 6.37. The van der Waals surface area contributed by atoms with Crippen LogP contribution in [0.4, 0.5) is 18.9 Å². The predicted molar refractivity (Wildman–Crippen MR) is 85.4 cm³/mol. The van der Waals surface area contributed by atoms with Crippen molar-refractivity contribution in [3.63, 3.8) is 0 Å². The van der Waals surface area contributed by atoms with Crippen LogP contribution < -0.4 is 10.7 Å². The second kappa shape index (κ2) is 7.73. The van der Waals surface area contributed by atoms with Gasteiger partial charge in [-0.2, -0.15) is 18.3 Å². The van der Waals surface area contributed by atoms with Gasteiger partial charge < -0.3 is 10.1 Å². The Bertz CT molecular complexity index is 780. The molecule has 26 heavy (non-hydrogen) atoms. The van der Waals surface area contributed by atoms with Crippen molar-refractivity contribution in [2.45, 2.75) is 32.0 Å². The molecule has 1 heterocycles. The number of hydrogen-bond acceptors (Lipinski definition) is 5. The summed E-state index contributed by atoms with van der Waals surface area (Å²) in [5, 5.41) is 5.60. The number of amides is 2. The Morgan fingerprint density at radius 2 is 2.04 bits per heavy atom. The third-order valence-corrected chi connectivity index (χ3v) is 3.67. The van der Waals surface area contributed by atoms with E-state index in [0.717, 1.165) is 12.1 Å². The summed E-state index contributed by atoms with van der Waals surface area (Å²) < 4.78 is 43.1. The Labute approximate surface area is 150 Å². The summed E-state index contributed by atoms with van der Waals surface area (Å²) in [7, 11) is 0. The Hall–Kier alpha value is -2.62. The van der Waals surface area contributed by atoms with E-state index in [1.54, 1.807) is 0 Å². The lowest BCUT2D eigenvalue weighted by molar-refractivity contribution is -0.146. The maximum Gasteiger partial charge on any atom is 0.416 e. The SMILES string of the molecule is C[C@@H](OC(=O)C1=NNC(=O)CC1)C(=O)Nc1cc(C(F)(F)F)ccc1Cl. The zero-order valence-corrected chi connectivity index (χ0v) is 14.1. The van der Waals surface area contributed by atoms with Crippen molar-refractivity contribution in [3.8, 4) is 0 Å². The number of hydrazone groups is 1. The number of carbonyl (C=O) groups excluding carboxylic acids is 3. The van der Waals surface area contributed by atoms with Crippen molar-refractivity contribution in [1.82, 2.24) is 5.43 Å². The van der Waals surface area contributed by atoms with Gasteiger partial charge in [-0.25, -0.2) is 10.2 Å². The molecule has 11 heteroatoms. The van der Waals surface area contributed by atoms with E-state index in [2.05, 4.69) is 15.8 Å². The lowest BCUT2D eigenvalue weighted by atomic mass is 10.2. The third-order valence-electron chi connectivity index (χ3n) is 3.34. The molecule has 0 saturated heterocycles. The van der Waals surface area contributed by atoms with E-state index in [0.29, 0.717) is 6.07 Å². The number of ether oxygens (including phenoxy) is 1. The number of carbonyl (C=O) groups is 3. The largest absolute Gasteiger partial charge is 0.448 e. The van der Waals surface area contributed by atoms with E-state index < -0.39 is 29.7 Å². The van der Waals surface area contributed by atoms with E-state index in [9.17, 15) is 27.6 Å². The minimum atomic E-state index is -4.61. The fourth-order valence-electron chi connectivity index (χ4n) is 1.94. The number of nitrogens with one attached hydrogen (secondary N) is 2. The van der Waals surface area contributed by atoms with Gasteiger partial charge >= 0.3 is 12.1 Å². The van der Waals surface area contributed by atoms with Crippen LogP contribution in [-0.4, -0.2) is 29.6 Å². The van der Waals surface area contributed by atoms with Crippen LogP contribution in [0.2, 0.25) is 5.02 Å². The molecule has 140 valence electrons. The molecule has 1 aromatic carbocycles. The summed E-state index contributed by atoms with van der Waals surface area (Å²) in [5.41, 5.74) is 0.780. The molecule has 0 saturated carbocycles. The molecule has 1 aliphatic rings. The molecular formula is C15H13ClF3N3O4. The lowest BCUT2D eigenvalue weighted by Crippen LogP contribution is -2.35. The summed E-state index contributed by atoms with van der Waals surface area (Å²) in [6.07, 6.45) is -5.83. The third kappa shape index (κ3) is 4.94. The molecule has 1 aromatic rings. The first-order chi connectivity index (χ1) is 12.1. The van der Waals surface area contributed by atoms with Gasteiger partial charge in [0.05, 0.1) is 16.3 Å². The number of hydrogen-bond donors (Lipinski definition) is 2. The van der Waals surface area contributed by atoms with Crippen molar-refractivity contribution in [2.24, 2.45) is 5.10 Å². The molecule has 0 fully saturated rings. The van der Waals surface area contributed by atoms with Gasteiger partial charge in [0, 0.05) is 12.8 Å². The number of nitrogens with zero attached hydrogens (tertiary/aromatic N) is 1. The molecule has 0 bridgehead atoms. The summed E-state index contributed by atoms with van der Waals surface area (Å²) in [5.74, 6) is -2.14. The van der Waals surface area contributed by atoms with Crippen LogP contribution in [-0.2, 0) is 25.3 Å². The number of alkyl halides is 3. The molecule has 0 unspecified atom stereocenters. The first-order valence-corrected chi connectivity index (χ1v) is 7.69. The maximum absolute atomic E-state index is 12.7. The van der Waals surface area contributed by atoms with Crippen LogP contribution in [0.25, 0.3) is 0 Å². The molecule has 1 atom stereocenters. The first kappa shape index (κ1) is 19.7. The van der Waals surface area contributed by atoms with Crippen LogP contribution in [0, 0.1) is 0 Å². The number of anilines is 1. The molecule has 7 nitrogen and oxygen atoms in total. The van der Waals surface area contributed by atoms with E-state index in [4.69, 9.17) is 16.3 Å². The summed E-state index contributed by atoms with van der Waals surface area (Å²) >= 11 is 5.79. The molecule has 0 spiro atoms. The van der Waals surface area contributed by atoms with E-state index in [1.807, 2.05) is 0 Å². The van der Waals surface area contributed by atoms with Crippen LogP contribution in [0.15, 0.2) is 23.3 Å². The topological polar surface area (TPSA) is 96.9 Å². The molecular weight excluding hydrogens is 379 g/mol. The first-order valence-electron chi connectivity index (χ1n) is 7.32. The standard InChI is InChI=1S/C15H13ClF3N3O4/c1-7(26-14(25)10-4-5-12(23)22-21-10)13(24)20-11-6-8(15(17,18)19)2-3-9(11)16/h2-3,6-7H,4-5H2,1H3,(H,20,24)(H,22,23)/t7-/m1/s1.